The van der Waals surface area contributed by atoms with Gasteiger partial charge in [-0.3, -0.25) is 4.79 Å². The van der Waals surface area contributed by atoms with Gasteiger partial charge in [-0.05, 0) is 34.5 Å². The Bertz CT molecular complexity index is 1170. The molecule has 0 unspecified atom stereocenters. The second-order valence-corrected chi connectivity index (χ2v) is 9.07. The van der Waals surface area contributed by atoms with Crippen molar-refractivity contribution in [3.05, 3.63) is 80.7 Å². The van der Waals surface area contributed by atoms with E-state index >= 15 is 0 Å². The molecule has 1 aromatic carbocycles. The lowest BCUT2D eigenvalue weighted by Crippen LogP contribution is -2.44. The smallest absolute Gasteiger partial charge is 0.195 e. The molecule has 140 valence electrons. The average molecular weight is 414 g/mol. The summed E-state index contributed by atoms with van der Waals surface area (Å²) in [5.74, 6) is -0.575. The Morgan fingerprint density at radius 2 is 1.76 bits per heavy atom. The maximum Gasteiger partial charge on any atom is 0.195 e. The summed E-state index contributed by atoms with van der Waals surface area (Å²) >= 11 is 2.89. The lowest BCUT2D eigenvalue weighted by Gasteiger charge is -2.35. The van der Waals surface area contributed by atoms with Crippen LogP contribution < -0.4 is 4.90 Å². The van der Waals surface area contributed by atoms with Crippen molar-refractivity contribution in [3.8, 4) is 12.1 Å². The van der Waals surface area contributed by atoms with Gasteiger partial charge in [-0.15, -0.1) is 22.7 Å². The number of rotatable bonds is 3. The van der Waals surface area contributed by atoms with Gasteiger partial charge in [0.1, 0.15) is 6.04 Å². The van der Waals surface area contributed by atoms with Crippen LogP contribution in [0.25, 0.3) is 6.08 Å². The summed E-state index contributed by atoms with van der Waals surface area (Å²) in [4.78, 5) is 17.3. The number of hydrogen-bond donors (Lipinski definition) is 0. The van der Waals surface area contributed by atoms with Gasteiger partial charge in [0.05, 0.1) is 29.0 Å². The number of hydrogen-bond acceptors (Lipinski definition) is 6. The first kappa shape index (κ1) is 17.9. The van der Waals surface area contributed by atoms with E-state index in [4.69, 9.17) is 0 Å². The lowest BCUT2D eigenvalue weighted by molar-refractivity contribution is 0.0955. The topological polar surface area (TPSA) is 67.9 Å². The van der Waals surface area contributed by atoms with Crippen LogP contribution in [0.15, 0.2) is 65.4 Å². The fourth-order valence-corrected chi connectivity index (χ4v) is 6.21. The first-order chi connectivity index (χ1) is 14.2. The van der Waals surface area contributed by atoms with E-state index in [2.05, 4.69) is 12.1 Å². The monoisotopic (exact) mass is 413 g/mol. The van der Waals surface area contributed by atoms with Crippen molar-refractivity contribution in [3.63, 3.8) is 0 Å². The molecule has 3 atom stereocenters. The largest absolute Gasteiger partial charge is 0.351 e. The van der Waals surface area contributed by atoms with Crippen LogP contribution in [0.5, 0.6) is 0 Å². The van der Waals surface area contributed by atoms with E-state index < -0.39 is 23.4 Å². The van der Waals surface area contributed by atoms with Crippen molar-refractivity contribution in [2.24, 2.45) is 5.41 Å². The minimum atomic E-state index is -1.35. The zero-order valence-corrected chi connectivity index (χ0v) is 16.9. The number of carbonyl (C=O) groups excluding carboxylic acids is 1. The highest BCUT2D eigenvalue weighted by atomic mass is 32.1. The maximum atomic E-state index is 13.7. The van der Waals surface area contributed by atoms with E-state index in [1.54, 1.807) is 0 Å². The van der Waals surface area contributed by atoms with Gasteiger partial charge in [-0.2, -0.15) is 10.5 Å². The number of benzene rings is 1. The number of Topliss-reactive ketones (excluding diaryl/α,β-unsaturated/α-hetero) is 1. The molecule has 0 spiro atoms. The lowest BCUT2D eigenvalue weighted by atomic mass is 9.71. The van der Waals surface area contributed by atoms with Crippen molar-refractivity contribution in [1.29, 1.82) is 10.5 Å². The Morgan fingerprint density at radius 1 is 1.00 bits per heavy atom. The summed E-state index contributed by atoms with van der Waals surface area (Å²) in [5, 5.41) is 24.3. The van der Waals surface area contributed by atoms with Crippen LogP contribution in [0.1, 0.15) is 26.0 Å². The number of ketones is 1. The van der Waals surface area contributed by atoms with E-state index in [-0.39, 0.29) is 5.78 Å². The van der Waals surface area contributed by atoms with Gasteiger partial charge >= 0.3 is 0 Å². The third kappa shape index (κ3) is 2.43. The molecule has 0 bridgehead atoms. The Morgan fingerprint density at radius 3 is 2.45 bits per heavy atom. The quantitative estimate of drug-likeness (QED) is 0.561. The second-order valence-electron chi connectivity index (χ2n) is 7.14. The molecule has 0 amide bonds. The number of fused-ring (bicyclic) bond motifs is 3. The molecule has 0 saturated carbocycles. The Hall–Kier alpha value is -3.19. The molecule has 0 aliphatic carbocycles. The zero-order chi connectivity index (χ0) is 20.0. The molecule has 1 fully saturated rings. The standard InChI is InChI=1S/C23H15N3OS2/c24-13-23(14-25)19-10-9-15-5-1-2-6-16(15)26(19)21(20(23)17-7-3-11-28-17)22(27)18-8-4-12-29-18/h1-12,19-21H/t19-,20+,21-/m1/s1. The highest BCUT2D eigenvalue weighted by molar-refractivity contribution is 7.12. The third-order valence-electron chi connectivity index (χ3n) is 5.80. The van der Waals surface area contributed by atoms with E-state index in [1.165, 1.54) is 22.7 Å². The SMILES string of the molecule is N#CC1(C#N)[C@@H](c2cccs2)[C@H](C(=O)c2cccs2)N2c3ccccc3C=C[C@@H]21. The van der Waals surface area contributed by atoms with Crippen LogP contribution in [-0.2, 0) is 0 Å². The predicted octanol–water partition coefficient (Wildman–Crippen LogP) is 5.09. The van der Waals surface area contributed by atoms with Crippen LogP contribution in [0, 0.1) is 28.1 Å². The van der Waals surface area contributed by atoms with Crippen molar-refractivity contribution in [2.75, 3.05) is 4.90 Å². The highest BCUT2D eigenvalue weighted by Gasteiger charge is 2.63. The first-order valence-electron chi connectivity index (χ1n) is 9.20. The summed E-state index contributed by atoms with van der Waals surface area (Å²) in [6, 6.07) is 18.9. The summed E-state index contributed by atoms with van der Waals surface area (Å²) in [6.07, 6.45) is 3.88. The third-order valence-corrected chi connectivity index (χ3v) is 7.64. The van der Waals surface area contributed by atoms with Crippen LogP contribution in [0.2, 0.25) is 0 Å². The Labute approximate surface area is 176 Å². The maximum absolute atomic E-state index is 13.7. The number of nitriles is 2. The zero-order valence-electron chi connectivity index (χ0n) is 15.2. The molecule has 2 aliphatic rings. The molecular weight excluding hydrogens is 398 g/mol. The number of thiophene rings is 2. The van der Waals surface area contributed by atoms with E-state index in [9.17, 15) is 15.3 Å². The van der Waals surface area contributed by atoms with Crippen LogP contribution >= 0.6 is 22.7 Å². The molecule has 4 heterocycles. The van der Waals surface area contributed by atoms with E-state index in [0.29, 0.717) is 4.88 Å². The van der Waals surface area contributed by atoms with E-state index in [0.717, 1.165) is 16.1 Å². The summed E-state index contributed by atoms with van der Waals surface area (Å²) in [6.45, 7) is 0. The minimum absolute atomic E-state index is 0.0409. The van der Waals surface area contributed by atoms with Gasteiger partial charge in [-0.1, -0.05) is 42.5 Å². The van der Waals surface area contributed by atoms with Gasteiger partial charge in [0, 0.05) is 10.6 Å². The molecule has 5 rings (SSSR count). The van der Waals surface area contributed by atoms with Gasteiger partial charge < -0.3 is 4.90 Å². The van der Waals surface area contributed by atoms with Gasteiger partial charge in [0.15, 0.2) is 11.2 Å². The second kappa shape index (κ2) is 6.70. The predicted molar refractivity (Wildman–Crippen MR) is 115 cm³/mol. The molecule has 0 N–H and O–H groups in total. The number of nitrogens with zero attached hydrogens (tertiary/aromatic N) is 3. The number of para-hydroxylation sites is 1. The molecule has 3 aromatic rings. The van der Waals surface area contributed by atoms with Crippen molar-refractivity contribution in [2.45, 2.75) is 18.0 Å². The van der Waals surface area contributed by atoms with Crippen molar-refractivity contribution < 1.29 is 4.79 Å². The van der Waals surface area contributed by atoms with Crippen LogP contribution in [-0.4, -0.2) is 17.9 Å². The normalized spacial score (nSPS) is 23.7. The first-order valence-corrected chi connectivity index (χ1v) is 11.0. The summed E-state index contributed by atoms with van der Waals surface area (Å²) in [5.41, 5.74) is 0.528. The molecule has 1 saturated heterocycles. The van der Waals surface area contributed by atoms with Crippen LogP contribution in [0.4, 0.5) is 5.69 Å². The Kier molecular flexibility index (Phi) is 4.13. The molecular formula is C23H15N3OS2. The average Bonchev–Trinajstić information content (AvgIpc) is 3.52. The van der Waals surface area contributed by atoms with Gasteiger partial charge in [0.25, 0.3) is 0 Å². The molecule has 0 radical (unpaired) electrons. The van der Waals surface area contributed by atoms with Crippen LogP contribution in [0.3, 0.4) is 0 Å². The van der Waals surface area contributed by atoms with Crippen molar-refractivity contribution in [1.82, 2.24) is 0 Å². The highest BCUT2D eigenvalue weighted by Crippen LogP contribution is 2.56. The molecule has 29 heavy (non-hydrogen) atoms. The van der Waals surface area contributed by atoms with Crippen molar-refractivity contribution >= 4 is 40.2 Å². The van der Waals surface area contributed by atoms with Gasteiger partial charge in [0.2, 0.25) is 0 Å². The molecule has 6 heteroatoms. The molecule has 2 aliphatic heterocycles. The molecule has 4 nitrogen and oxygen atoms in total. The fourth-order valence-electron chi connectivity index (χ4n) is 4.58. The Balaban J connectivity index is 1.79. The molecule has 2 aromatic heterocycles. The fraction of sp³-hybridized carbons (Fsp3) is 0.174. The van der Waals surface area contributed by atoms with Gasteiger partial charge in [-0.25, -0.2) is 0 Å². The minimum Gasteiger partial charge on any atom is -0.351 e. The summed E-state index contributed by atoms with van der Waals surface area (Å²) < 4.78 is 0. The number of carbonyl (C=O) groups is 1. The van der Waals surface area contributed by atoms with E-state index in [1.807, 2.05) is 76.3 Å². The summed E-state index contributed by atoms with van der Waals surface area (Å²) in [7, 11) is 0. The number of anilines is 1.